The van der Waals surface area contributed by atoms with Crippen molar-refractivity contribution >= 4 is 28.4 Å². The number of benzene rings is 1. The van der Waals surface area contributed by atoms with E-state index in [0.29, 0.717) is 18.1 Å². The standard InChI is InChI=1S/C15H17N5O2S/c21-13-7-4-8-20(13)9-12(11-5-2-1-3-6-11)17-14(22)18-15-19-16-10-23-15/h1-3,5-6,10,12H,4,7-9H2,(H2,17,18,19,22)/t12-/m0/s1. The van der Waals surface area contributed by atoms with Crippen LogP contribution >= 0.6 is 11.3 Å². The van der Waals surface area contributed by atoms with Gasteiger partial charge in [0, 0.05) is 19.5 Å². The molecule has 0 spiro atoms. The van der Waals surface area contributed by atoms with Gasteiger partial charge in [-0.15, -0.1) is 10.2 Å². The van der Waals surface area contributed by atoms with Crippen LogP contribution in [0.4, 0.5) is 9.93 Å². The molecule has 0 aliphatic carbocycles. The van der Waals surface area contributed by atoms with Crippen molar-refractivity contribution in [2.24, 2.45) is 0 Å². The fraction of sp³-hybridized carbons (Fsp3) is 0.333. The summed E-state index contributed by atoms with van der Waals surface area (Å²) in [6.45, 7) is 1.20. The fourth-order valence-electron chi connectivity index (χ4n) is 2.56. The van der Waals surface area contributed by atoms with Gasteiger partial charge >= 0.3 is 6.03 Å². The molecule has 0 unspecified atom stereocenters. The van der Waals surface area contributed by atoms with E-state index >= 15 is 0 Å². The molecule has 8 heteroatoms. The molecule has 1 aliphatic rings. The summed E-state index contributed by atoms with van der Waals surface area (Å²) in [5.41, 5.74) is 2.51. The average Bonchev–Trinajstić information content (AvgIpc) is 3.20. The predicted molar refractivity (Wildman–Crippen MR) is 87.1 cm³/mol. The van der Waals surface area contributed by atoms with Crippen LogP contribution < -0.4 is 10.6 Å². The molecule has 1 fully saturated rings. The molecular weight excluding hydrogens is 314 g/mol. The molecule has 0 saturated carbocycles. The van der Waals surface area contributed by atoms with Crippen LogP contribution in [0.2, 0.25) is 0 Å². The van der Waals surface area contributed by atoms with Crippen molar-refractivity contribution in [1.82, 2.24) is 20.4 Å². The van der Waals surface area contributed by atoms with E-state index in [9.17, 15) is 9.59 Å². The Morgan fingerprint density at radius 3 is 2.83 bits per heavy atom. The zero-order valence-corrected chi connectivity index (χ0v) is 13.3. The van der Waals surface area contributed by atoms with Gasteiger partial charge in [-0.1, -0.05) is 41.7 Å². The summed E-state index contributed by atoms with van der Waals surface area (Å²) >= 11 is 1.25. The molecule has 1 atom stereocenters. The number of likely N-dealkylation sites (tertiary alicyclic amines) is 1. The van der Waals surface area contributed by atoms with Crippen LogP contribution in [-0.2, 0) is 4.79 Å². The number of nitrogens with zero attached hydrogens (tertiary/aromatic N) is 3. The van der Waals surface area contributed by atoms with Crippen molar-refractivity contribution in [2.45, 2.75) is 18.9 Å². The smallest absolute Gasteiger partial charge is 0.321 e. The molecule has 2 heterocycles. The predicted octanol–water partition coefficient (Wildman–Crippen LogP) is 2.02. The Morgan fingerprint density at radius 1 is 1.35 bits per heavy atom. The molecule has 2 N–H and O–H groups in total. The Bertz CT molecular complexity index is 662. The minimum atomic E-state index is -0.359. The Balaban J connectivity index is 1.69. The summed E-state index contributed by atoms with van der Waals surface area (Å²) in [5.74, 6) is 0.136. The van der Waals surface area contributed by atoms with Crippen LogP contribution in [0.25, 0.3) is 0 Å². The number of aromatic nitrogens is 2. The van der Waals surface area contributed by atoms with E-state index < -0.39 is 0 Å². The van der Waals surface area contributed by atoms with Crippen LogP contribution in [0.15, 0.2) is 35.8 Å². The second-order valence-electron chi connectivity index (χ2n) is 5.25. The van der Waals surface area contributed by atoms with E-state index in [4.69, 9.17) is 0 Å². The van der Waals surface area contributed by atoms with Gasteiger partial charge in [0.1, 0.15) is 5.51 Å². The van der Waals surface area contributed by atoms with E-state index in [-0.39, 0.29) is 18.0 Å². The van der Waals surface area contributed by atoms with Crippen LogP contribution in [0.3, 0.4) is 0 Å². The van der Waals surface area contributed by atoms with Crippen molar-refractivity contribution in [2.75, 3.05) is 18.4 Å². The SMILES string of the molecule is O=C(Nc1nncs1)N[C@@H](CN1CCCC1=O)c1ccccc1. The normalized spacial score (nSPS) is 15.5. The molecule has 1 aromatic carbocycles. The minimum Gasteiger partial charge on any atom is -0.340 e. The van der Waals surface area contributed by atoms with Crippen LogP contribution in [0.1, 0.15) is 24.4 Å². The summed E-state index contributed by atoms with van der Waals surface area (Å²) < 4.78 is 0. The second-order valence-corrected chi connectivity index (χ2v) is 6.08. The molecule has 23 heavy (non-hydrogen) atoms. The maximum Gasteiger partial charge on any atom is 0.321 e. The first-order valence-electron chi connectivity index (χ1n) is 7.39. The molecular formula is C15H17N5O2S. The van der Waals surface area contributed by atoms with E-state index in [0.717, 1.165) is 18.5 Å². The van der Waals surface area contributed by atoms with Crippen LogP contribution in [0, 0.1) is 0 Å². The number of hydrogen-bond donors (Lipinski definition) is 2. The van der Waals surface area contributed by atoms with Gasteiger partial charge in [0.15, 0.2) is 0 Å². The summed E-state index contributed by atoms with van der Waals surface area (Å²) in [7, 11) is 0. The minimum absolute atomic E-state index is 0.136. The Hall–Kier alpha value is -2.48. The monoisotopic (exact) mass is 331 g/mol. The van der Waals surface area contributed by atoms with Crippen molar-refractivity contribution in [3.63, 3.8) is 0 Å². The summed E-state index contributed by atoms with van der Waals surface area (Å²) in [6.07, 6.45) is 1.45. The van der Waals surface area contributed by atoms with Gasteiger partial charge in [-0.25, -0.2) is 4.79 Å². The first-order chi connectivity index (χ1) is 11.2. The number of rotatable bonds is 5. The number of amides is 3. The summed E-state index contributed by atoms with van der Waals surface area (Å²) in [4.78, 5) is 25.8. The van der Waals surface area contributed by atoms with E-state index in [1.807, 2.05) is 30.3 Å². The quantitative estimate of drug-likeness (QED) is 0.877. The van der Waals surface area contributed by atoms with Crippen molar-refractivity contribution in [3.05, 3.63) is 41.4 Å². The molecule has 0 radical (unpaired) electrons. The molecule has 3 amide bonds. The first kappa shape index (κ1) is 15.4. The van der Waals surface area contributed by atoms with Crippen molar-refractivity contribution < 1.29 is 9.59 Å². The van der Waals surface area contributed by atoms with E-state index in [1.54, 1.807) is 10.4 Å². The van der Waals surface area contributed by atoms with E-state index in [1.165, 1.54) is 11.3 Å². The van der Waals surface area contributed by atoms with Gasteiger partial charge in [-0.2, -0.15) is 0 Å². The fourth-order valence-corrected chi connectivity index (χ4v) is 3.00. The molecule has 0 bridgehead atoms. The third-order valence-corrected chi connectivity index (χ3v) is 4.27. The van der Waals surface area contributed by atoms with Gasteiger partial charge in [0.25, 0.3) is 0 Å². The number of urea groups is 1. The second kappa shape index (κ2) is 7.19. The molecule has 120 valence electrons. The maximum absolute atomic E-state index is 12.2. The molecule has 1 aliphatic heterocycles. The Kier molecular flexibility index (Phi) is 4.82. The van der Waals surface area contributed by atoms with Crippen molar-refractivity contribution in [1.29, 1.82) is 0 Å². The average molecular weight is 331 g/mol. The van der Waals surface area contributed by atoms with Crippen LogP contribution in [-0.4, -0.2) is 40.1 Å². The van der Waals surface area contributed by atoms with Crippen LogP contribution in [0.5, 0.6) is 0 Å². The Morgan fingerprint density at radius 2 is 2.17 bits per heavy atom. The third-order valence-electron chi connectivity index (χ3n) is 3.66. The number of hydrogen-bond acceptors (Lipinski definition) is 5. The lowest BCUT2D eigenvalue weighted by Gasteiger charge is -2.25. The molecule has 2 aromatic rings. The number of anilines is 1. The lowest BCUT2D eigenvalue weighted by molar-refractivity contribution is -0.128. The van der Waals surface area contributed by atoms with Gasteiger partial charge in [0.05, 0.1) is 6.04 Å². The van der Waals surface area contributed by atoms with Gasteiger partial charge in [-0.3, -0.25) is 10.1 Å². The molecule has 3 rings (SSSR count). The van der Waals surface area contributed by atoms with Gasteiger partial charge < -0.3 is 10.2 Å². The zero-order chi connectivity index (χ0) is 16.1. The lowest BCUT2D eigenvalue weighted by Crippen LogP contribution is -2.40. The van der Waals surface area contributed by atoms with Gasteiger partial charge in [0.2, 0.25) is 11.0 Å². The largest absolute Gasteiger partial charge is 0.340 e. The third kappa shape index (κ3) is 4.04. The Labute approximate surface area is 137 Å². The highest BCUT2D eigenvalue weighted by Crippen LogP contribution is 2.19. The summed E-state index contributed by atoms with van der Waals surface area (Å²) in [6, 6.07) is 9.00. The number of nitrogens with one attached hydrogen (secondary N) is 2. The molecule has 1 saturated heterocycles. The zero-order valence-electron chi connectivity index (χ0n) is 12.4. The maximum atomic E-state index is 12.2. The summed E-state index contributed by atoms with van der Waals surface area (Å²) in [5, 5.41) is 13.5. The van der Waals surface area contributed by atoms with Crippen molar-refractivity contribution in [3.8, 4) is 0 Å². The number of carbonyl (C=O) groups excluding carboxylic acids is 2. The van der Waals surface area contributed by atoms with Gasteiger partial charge in [-0.05, 0) is 12.0 Å². The highest BCUT2D eigenvalue weighted by molar-refractivity contribution is 7.13. The number of carbonyl (C=O) groups is 2. The van der Waals surface area contributed by atoms with E-state index in [2.05, 4.69) is 20.8 Å². The lowest BCUT2D eigenvalue weighted by atomic mass is 10.1. The topological polar surface area (TPSA) is 87.2 Å². The molecule has 1 aromatic heterocycles. The highest BCUT2D eigenvalue weighted by Gasteiger charge is 2.25. The molecule has 7 nitrogen and oxygen atoms in total. The first-order valence-corrected chi connectivity index (χ1v) is 8.27. The highest BCUT2D eigenvalue weighted by atomic mass is 32.1.